The zero-order valence-corrected chi connectivity index (χ0v) is 11.8. The van der Waals surface area contributed by atoms with Gasteiger partial charge in [-0.2, -0.15) is 17.2 Å². The number of nitrogens with zero attached hydrogens (tertiary/aromatic N) is 1. The van der Waals surface area contributed by atoms with E-state index in [0.29, 0.717) is 12.2 Å². The average molecular weight is 317 g/mol. The molecule has 0 saturated carbocycles. The highest BCUT2D eigenvalue weighted by molar-refractivity contribution is 7.92. The highest BCUT2D eigenvalue weighted by Crippen LogP contribution is 2.27. The Labute approximate surface area is 120 Å². The highest BCUT2D eigenvalue weighted by Gasteiger charge is 2.19. The van der Waals surface area contributed by atoms with E-state index in [2.05, 4.69) is 19.4 Å². The van der Waals surface area contributed by atoms with E-state index in [4.69, 9.17) is 0 Å². The molecule has 21 heavy (non-hydrogen) atoms. The average Bonchev–Trinajstić information content (AvgIpc) is 2.90. The molecule has 0 amide bonds. The molecule has 0 bridgehead atoms. The SMILES string of the molecule is CCc1ncc(S(=O)(=O)Nc2ccccc2OC(F)F)[nH]1. The fourth-order valence-corrected chi connectivity index (χ4v) is 2.62. The first-order valence-corrected chi connectivity index (χ1v) is 7.51. The number of imidazole rings is 1. The van der Waals surface area contributed by atoms with Gasteiger partial charge in [0.25, 0.3) is 10.0 Å². The Bertz CT molecular complexity index is 716. The summed E-state index contributed by atoms with van der Waals surface area (Å²) in [6, 6.07) is 5.53. The fraction of sp³-hybridized carbons (Fsp3) is 0.250. The Morgan fingerprint density at radius 3 is 2.71 bits per heavy atom. The van der Waals surface area contributed by atoms with Crippen molar-refractivity contribution in [2.24, 2.45) is 0 Å². The van der Waals surface area contributed by atoms with Crippen LogP contribution in [0.1, 0.15) is 12.7 Å². The summed E-state index contributed by atoms with van der Waals surface area (Å²) in [7, 11) is -3.95. The molecule has 0 aliphatic heterocycles. The van der Waals surface area contributed by atoms with E-state index in [0.717, 1.165) is 6.20 Å². The number of alkyl halides is 2. The minimum atomic E-state index is -3.95. The van der Waals surface area contributed by atoms with Crippen LogP contribution in [0.2, 0.25) is 0 Å². The van der Waals surface area contributed by atoms with Gasteiger partial charge in [-0.3, -0.25) is 4.72 Å². The maximum Gasteiger partial charge on any atom is 0.387 e. The summed E-state index contributed by atoms with van der Waals surface area (Å²) in [5.41, 5.74) is -0.0783. The molecule has 6 nitrogen and oxygen atoms in total. The van der Waals surface area contributed by atoms with Crippen molar-refractivity contribution in [1.29, 1.82) is 0 Å². The van der Waals surface area contributed by atoms with Crippen LogP contribution in [0.3, 0.4) is 0 Å². The zero-order chi connectivity index (χ0) is 15.5. The van der Waals surface area contributed by atoms with Crippen molar-refractivity contribution in [2.75, 3.05) is 4.72 Å². The van der Waals surface area contributed by atoms with Crippen molar-refractivity contribution in [3.05, 3.63) is 36.3 Å². The molecule has 1 aromatic heterocycles. The number of halogens is 2. The molecule has 0 fully saturated rings. The molecule has 1 heterocycles. The molecule has 0 spiro atoms. The van der Waals surface area contributed by atoms with Crippen LogP contribution in [0, 0.1) is 0 Å². The molecule has 2 rings (SSSR count). The summed E-state index contributed by atoms with van der Waals surface area (Å²) < 4.78 is 55.3. The summed E-state index contributed by atoms with van der Waals surface area (Å²) in [5.74, 6) is 0.249. The Morgan fingerprint density at radius 1 is 1.38 bits per heavy atom. The normalized spacial score (nSPS) is 11.6. The molecule has 0 unspecified atom stereocenters. The first-order valence-electron chi connectivity index (χ1n) is 6.03. The second-order valence-electron chi connectivity index (χ2n) is 4.03. The van der Waals surface area contributed by atoms with Crippen LogP contribution in [0.5, 0.6) is 5.75 Å². The van der Waals surface area contributed by atoms with Crippen molar-refractivity contribution >= 4 is 15.7 Å². The number of hydrogen-bond donors (Lipinski definition) is 2. The van der Waals surface area contributed by atoms with E-state index >= 15 is 0 Å². The number of anilines is 1. The number of aromatic nitrogens is 2. The Kier molecular flexibility index (Phi) is 4.41. The first kappa shape index (κ1) is 15.2. The predicted molar refractivity (Wildman–Crippen MR) is 71.8 cm³/mol. The zero-order valence-electron chi connectivity index (χ0n) is 11.0. The van der Waals surface area contributed by atoms with E-state index in [9.17, 15) is 17.2 Å². The number of para-hydroxylation sites is 2. The van der Waals surface area contributed by atoms with E-state index < -0.39 is 16.6 Å². The largest absolute Gasteiger partial charge is 0.433 e. The topological polar surface area (TPSA) is 84.1 Å². The number of ether oxygens (including phenoxy) is 1. The summed E-state index contributed by atoms with van der Waals surface area (Å²) in [4.78, 5) is 6.52. The molecule has 0 saturated heterocycles. The number of aromatic amines is 1. The standard InChI is InChI=1S/C12H13F2N3O3S/c1-2-10-15-7-11(16-10)21(18,19)17-8-5-3-4-6-9(8)20-12(13)14/h3-7,12,17H,2H2,1H3,(H,15,16). The lowest BCUT2D eigenvalue weighted by atomic mass is 10.3. The maximum absolute atomic E-state index is 12.3. The summed E-state index contributed by atoms with van der Waals surface area (Å²) in [5, 5.41) is -0.147. The number of sulfonamides is 1. The molecule has 0 radical (unpaired) electrons. The highest BCUT2D eigenvalue weighted by atomic mass is 32.2. The van der Waals surface area contributed by atoms with Crippen LogP contribution in [-0.4, -0.2) is 25.0 Å². The van der Waals surface area contributed by atoms with Crippen molar-refractivity contribution in [3.8, 4) is 5.75 Å². The molecule has 0 atom stereocenters. The van der Waals surface area contributed by atoms with Gasteiger partial charge >= 0.3 is 6.61 Å². The Hall–Kier alpha value is -2.16. The van der Waals surface area contributed by atoms with Crippen LogP contribution in [-0.2, 0) is 16.4 Å². The van der Waals surface area contributed by atoms with E-state index in [1.54, 1.807) is 0 Å². The molecule has 0 aliphatic carbocycles. The molecule has 114 valence electrons. The minimum absolute atomic E-state index is 0.0783. The van der Waals surface area contributed by atoms with Crippen molar-refractivity contribution in [1.82, 2.24) is 9.97 Å². The third-order valence-electron chi connectivity index (χ3n) is 2.58. The number of hydrogen-bond acceptors (Lipinski definition) is 4. The number of rotatable bonds is 6. The van der Waals surface area contributed by atoms with Gasteiger partial charge in [0.2, 0.25) is 0 Å². The second-order valence-corrected chi connectivity index (χ2v) is 5.68. The van der Waals surface area contributed by atoms with Crippen LogP contribution < -0.4 is 9.46 Å². The summed E-state index contributed by atoms with van der Waals surface area (Å²) in [6.45, 7) is -1.23. The smallest absolute Gasteiger partial charge is 0.387 e. The molecule has 9 heteroatoms. The molecule has 2 aromatic rings. The number of aryl methyl sites for hydroxylation is 1. The third kappa shape index (κ3) is 3.69. The Balaban J connectivity index is 2.28. The van der Waals surface area contributed by atoms with Gasteiger partial charge in [0.05, 0.1) is 11.9 Å². The lowest BCUT2D eigenvalue weighted by Gasteiger charge is -2.12. The van der Waals surface area contributed by atoms with Gasteiger partial charge in [0.1, 0.15) is 11.6 Å². The van der Waals surface area contributed by atoms with Crippen LogP contribution in [0.4, 0.5) is 14.5 Å². The molecular formula is C12H13F2N3O3S. The molecule has 0 aliphatic rings. The molecule has 2 N–H and O–H groups in total. The first-order chi connectivity index (χ1) is 9.92. The van der Waals surface area contributed by atoms with Crippen molar-refractivity contribution in [3.63, 3.8) is 0 Å². The van der Waals surface area contributed by atoms with E-state index in [-0.39, 0.29) is 16.5 Å². The maximum atomic E-state index is 12.3. The van der Waals surface area contributed by atoms with Crippen LogP contribution >= 0.6 is 0 Å². The summed E-state index contributed by atoms with van der Waals surface area (Å²) in [6.07, 6.45) is 1.71. The van der Waals surface area contributed by atoms with Crippen LogP contribution in [0.15, 0.2) is 35.5 Å². The lowest BCUT2D eigenvalue weighted by molar-refractivity contribution is -0.0493. The van der Waals surface area contributed by atoms with Gasteiger partial charge in [0, 0.05) is 6.42 Å². The molecular weight excluding hydrogens is 304 g/mol. The number of nitrogens with one attached hydrogen (secondary N) is 2. The Morgan fingerprint density at radius 2 is 2.10 bits per heavy atom. The summed E-state index contributed by atoms with van der Waals surface area (Å²) >= 11 is 0. The number of benzene rings is 1. The lowest BCUT2D eigenvalue weighted by Crippen LogP contribution is -2.15. The van der Waals surface area contributed by atoms with E-state index in [1.807, 2.05) is 6.92 Å². The van der Waals surface area contributed by atoms with Gasteiger partial charge < -0.3 is 9.72 Å². The second kappa shape index (κ2) is 6.08. The quantitative estimate of drug-likeness (QED) is 0.856. The van der Waals surface area contributed by atoms with Crippen LogP contribution in [0.25, 0.3) is 0 Å². The van der Waals surface area contributed by atoms with Gasteiger partial charge in [-0.1, -0.05) is 19.1 Å². The third-order valence-corrected chi connectivity index (χ3v) is 3.85. The number of H-pyrrole nitrogens is 1. The van der Waals surface area contributed by atoms with Gasteiger partial charge in [-0.15, -0.1) is 0 Å². The monoisotopic (exact) mass is 317 g/mol. The van der Waals surface area contributed by atoms with Gasteiger partial charge in [-0.25, -0.2) is 4.98 Å². The van der Waals surface area contributed by atoms with Crippen molar-refractivity contribution in [2.45, 2.75) is 25.0 Å². The minimum Gasteiger partial charge on any atom is -0.433 e. The van der Waals surface area contributed by atoms with Gasteiger partial charge in [0.15, 0.2) is 5.03 Å². The van der Waals surface area contributed by atoms with E-state index in [1.165, 1.54) is 24.3 Å². The van der Waals surface area contributed by atoms with Crippen molar-refractivity contribution < 1.29 is 21.9 Å². The predicted octanol–water partition coefficient (Wildman–Crippen LogP) is 2.37. The van der Waals surface area contributed by atoms with Gasteiger partial charge in [-0.05, 0) is 12.1 Å². The fourth-order valence-electron chi connectivity index (χ4n) is 1.61. The molecule has 1 aromatic carbocycles.